The third-order valence-electron chi connectivity index (χ3n) is 4.37. The Morgan fingerprint density at radius 3 is 3.00 bits per heavy atom. The van der Waals surface area contributed by atoms with Gasteiger partial charge in [-0.05, 0) is 31.2 Å². The van der Waals surface area contributed by atoms with Crippen molar-refractivity contribution >= 4 is 39.3 Å². The maximum atomic E-state index is 13.0. The van der Waals surface area contributed by atoms with Gasteiger partial charge in [-0.2, -0.15) is 0 Å². The van der Waals surface area contributed by atoms with Crippen LogP contribution >= 0.6 is 23.1 Å². The lowest BCUT2D eigenvalue weighted by Crippen LogP contribution is -2.24. The number of cyclic esters (lactones) is 1. The van der Waals surface area contributed by atoms with Crippen LogP contribution < -0.4 is 5.56 Å². The average molecular weight is 350 g/mol. The molecule has 0 saturated carbocycles. The fourth-order valence-electron chi connectivity index (χ4n) is 3.28. The van der Waals surface area contributed by atoms with E-state index >= 15 is 0 Å². The number of hydrogen-bond donors (Lipinski definition) is 0. The van der Waals surface area contributed by atoms with Crippen molar-refractivity contribution in [2.75, 3.05) is 6.61 Å². The molecule has 1 fully saturated rings. The Balaban J connectivity index is 1.84. The van der Waals surface area contributed by atoms with Gasteiger partial charge in [-0.25, -0.2) is 4.98 Å². The summed E-state index contributed by atoms with van der Waals surface area (Å²) in [5.74, 6) is -0.193. The summed E-state index contributed by atoms with van der Waals surface area (Å²) in [5, 5.41) is 1.23. The molecule has 7 heteroatoms. The first kappa shape index (κ1) is 15.2. The molecule has 122 valence electrons. The number of aromatic nitrogens is 2. The minimum atomic E-state index is -0.241. The molecular weight excluding hydrogens is 332 g/mol. The third kappa shape index (κ3) is 2.50. The minimum absolute atomic E-state index is 0.0603. The van der Waals surface area contributed by atoms with E-state index in [9.17, 15) is 9.59 Å². The molecule has 0 unspecified atom stereocenters. The highest BCUT2D eigenvalue weighted by atomic mass is 32.2. The molecule has 1 saturated heterocycles. The van der Waals surface area contributed by atoms with E-state index in [1.54, 1.807) is 15.9 Å². The molecule has 4 rings (SSSR count). The van der Waals surface area contributed by atoms with E-state index in [4.69, 9.17) is 9.72 Å². The van der Waals surface area contributed by atoms with Gasteiger partial charge in [0.15, 0.2) is 5.16 Å². The highest BCUT2D eigenvalue weighted by Crippen LogP contribution is 2.36. The first-order valence-corrected chi connectivity index (χ1v) is 9.77. The lowest BCUT2D eigenvalue weighted by atomic mass is 10.2. The standard InChI is InChI=1S/C16H18N2O3S2/c1-2-7-18-14(19)12-9-4-3-5-10(9)22-13(12)17-16(18)23-11-6-8-21-15(11)20/h11H,2-8H2,1H3/t11-/m1/s1. The fraction of sp³-hybridized carbons (Fsp3) is 0.562. The van der Waals surface area contributed by atoms with Crippen molar-refractivity contribution in [3.05, 3.63) is 20.8 Å². The average Bonchev–Trinajstić information content (AvgIpc) is 3.20. The van der Waals surface area contributed by atoms with Crippen molar-refractivity contribution in [3.63, 3.8) is 0 Å². The summed E-state index contributed by atoms with van der Waals surface area (Å²) >= 11 is 3.03. The molecule has 1 atom stereocenters. The summed E-state index contributed by atoms with van der Waals surface area (Å²) in [4.78, 5) is 31.7. The zero-order valence-corrected chi connectivity index (χ0v) is 14.6. The molecule has 2 aromatic rings. The van der Waals surface area contributed by atoms with Gasteiger partial charge < -0.3 is 4.74 Å². The molecule has 0 amide bonds. The van der Waals surface area contributed by atoms with Crippen LogP contribution in [-0.2, 0) is 28.9 Å². The number of hydrogen-bond acceptors (Lipinski definition) is 6. The maximum Gasteiger partial charge on any atom is 0.319 e. The molecule has 23 heavy (non-hydrogen) atoms. The predicted molar refractivity (Wildman–Crippen MR) is 91.4 cm³/mol. The van der Waals surface area contributed by atoms with Gasteiger partial charge in [0.1, 0.15) is 10.1 Å². The van der Waals surface area contributed by atoms with Crippen LogP contribution in [0.3, 0.4) is 0 Å². The number of nitrogens with zero attached hydrogens (tertiary/aromatic N) is 2. The Bertz CT molecular complexity index is 840. The second kappa shape index (κ2) is 5.94. The number of aryl methyl sites for hydroxylation is 2. The van der Waals surface area contributed by atoms with Gasteiger partial charge in [-0.1, -0.05) is 18.7 Å². The van der Waals surface area contributed by atoms with Crippen LogP contribution in [-0.4, -0.2) is 27.4 Å². The van der Waals surface area contributed by atoms with Crippen molar-refractivity contribution < 1.29 is 9.53 Å². The molecule has 2 aliphatic rings. The highest BCUT2D eigenvalue weighted by Gasteiger charge is 2.30. The van der Waals surface area contributed by atoms with E-state index < -0.39 is 0 Å². The molecule has 1 aliphatic heterocycles. The molecule has 2 aromatic heterocycles. The molecule has 0 spiro atoms. The Hall–Kier alpha value is -1.34. The van der Waals surface area contributed by atoms with Gasteiger partial charge in [-0.15, -0.1) is 11.3 Å². The zero-order chi connectivity index (χ0) is 16.0. The zero-order valence-electron chi connectivity index (χ0n) is 13.0. The monoisotopic (exact) mass is 350 g/mol. The summed E-state index contributed by atoms with van der Waals surface area (Å²) in [6.45, 7) is 3.15. The fourth-order valence-corrected chi connectivity index (χ4v) is 5.67. The van der Waals surface area contributed by atoms with Crippen molar-refractivity contribution in [1.29, 1.82) is 0 Å². The molecule has 0 bridgehead atoms. The van der Waals surface area contributed by atoms with Gasteiger partial charge in [0.2, 0.25) is 0 Å². The number of rotatable bonds is 4. The lowest BCUT2D eigenvalue weighted by molar-refractivity contribution is -0.137. The van der Waals surface area contributed by atoms with E-state index in [0.29, 0.717) is 24.7 Å². The van der Waals surface area contributed by atoms with E-state index in [1.165, 1.54) is 22.2 Å². The second-order valence-corrected chi connectivity index (χ2v) is 8.20. The quantitative estimate of drug-likeness (QED) is 0.627. The van der Waals surface area contributed by atoms with Gasteiger partial charge >= 0.3 is 5.97 Å². The smallest absolute Gasteiger partial charge is 0.319 e. The first-order valence-electron chi connectivity index (χ1n) is 8.07. The van der Waals surface area contributed by atoms with Crippen LogP contribution in [0.5, 0.6) is 0 Å². The number of ether oxygens (including phenoxy) is 1. The SMILES string of the molecule is CCCn1c(S[C@@H]2CCOC2=O)nc2sc3c(c2c1=O)CCC3. The number of thioether (sulfide) groups is 1. The Morgan fingerprint density at radius 2 is 2.26 bits per heavy atom. The van der Waals surface area contributed by atoms with E-state index in [2.05, 4.69) is 0 Å². The van der Waals surface area contributed by atoms with Crippen LogP contribution in [0.2, 0.25) is 0 Å². The Kier molecular flexibility index (Phi) is 3.93. The molecule has 0 aromatic carbocycles. The van der Waals surface area contributed by atoms with Crippen molar-refractivity contribution in [1.82, 2.24) is 9.55 Å². The summed E-state index contributed by atoms with van der Waals surface area (Å²) in [6.07, 6.45) is 4.72. The number of carbonyl (C=O) groups excluding carboxylic acids is 1. The third-order valence-corrected chi connectivity index (χ3v) is 6.79. The van der Waals surface area contributed by atoms with Gasteiger partial charge in [-0.3, -0.25) is 14.2 Å². The molecule has 0 N–H and O–H groups in total. The maximum absolute atomic E-state index is 13.0. The van der Waals surface area contributed by atoms with Crippen LogP contribution in [0.4, 0.5) is 0 Å². The molecule has 3 heterocycles. The summed E-state index contributed by atoms with van der Waals surface area (Å²) in [5.41, 5.74) is 1.27. The first-order chi connectivity index (χ1) is 11.2. The number of thiophene rings is 1. The Labute approximate surface area is 142 Å². The van der Waals surface area contributed by atoms with Crippen LogP contribution in [0.15, 0.2) is 9.95 Å². The van der Waals surface area contributed by atoms with Crippen LogP contribution in [0.25, 0.3) is 10.2 Å². The summed E-state index contributed by atoms with van der Waals surface area (Å²) < 4.78 is 6.79. The lowest BCUT2D eigenvalue weighted by Gasteiger charge is -2.13. The predicted octanol–water partition coefficient (Wildman–Crippen LogP) is 2.76. The van der Waals surface area contributed by atoms with Crippen LogP contribution in [0, 0.1) is 0 Å². The molecule has 0 radical (unpaired) electrons. The second-order valence-electron chi connectivity index (χ2n) is 5.95. The summed E-state index contributed by atoms with van der Waals surface area (Å²) in [7, 11) is 0. The van der Waals surface area contributed by atoms with Crippen molar-refractivity contribution in [2.45, 2.75) is 56.0 Å². The van der Waals surface area contributed by atoms with E-state index in [0.717, 1.165) is 35.9 Å². The highest BCUT2D eigenvalue weighted by molar-refractivity contribution is 8.00. The number of esters is 1. The van der Waals surface area contributed by atoms with Crippen molar-refractivity contribution in [2.24, 2.45) is 0 Å². The molecule has 1 aliphatic carbocycles. The largest absolute Gasteiger partial charge is 0.465 e. The summed E-state index contributed by atoms with van der Waals surface area (Å²) in [6, 6.07) is 0. The van der Waals surface area contributed by atoms with Crippen LogP contribution in [0.1, 0.15) is 36.6 Å². The van der Waals surface area contributed by atoms with Gasteiger partial charge in [0.25, 0.3) is 5.56 Å². The van der Waals surface area contributed by atoms with Crippen molar-refractivity contribution in [3.8, 4) is 0 Å². The topological polar surface area (TPSA) is 61.2 Å². The number of fused-ring (bicyclic) bond motifs is 3. The van der Waals surface area contributed by atoms with E-state index in [1.807, 2.05) is 6.92 Å². The van der Waals surface area contributed by atoms with Gasteiger partial charge in [0.05, 0.1) is 12.0 Å². The Morgan fingerprint density at radius 1 is 1.39 bits per heavy atom. The molecule has 5 nitrogen and oxygen atoms in total. The normalized spacial score (nSPS) is 20.2. The number of carbonyl (C=O) groups is 1. The van der Waals surface area contributed by atoms with E-state index in [-0.39, 0.29) is 16.8 Å². The molecular formula is C16H18N2O3S2. The van der Waals surface area contributed by atoms with Gasteiger partial charge in [0, 0.05) is 17.8 Å². The minimum Gasteiger partial charge on any atom is -0.465 e.